The summed E-state index contributed by atoms with van der Waals surface area (Å²) in [5, 5.41) is 2.69. The van der Waals surface area contributed by atoms with E-state index in [9.17, 15) is 22.8 Å². The van der Waals surface area contributed by atoms with Crippen LogP contribution >= 0.6 is 0 Å². The quantitative estimate of drug-likeness (QED) is 0.654. The maximum absolute atomic E-state index is 13.2. The zero-order chi connectivity index (χ0) is 21.1. The van der Waals surface area contributed by atoms with Crippen LogP contribution < -0.4 is 5.32 Å². The average molecular weight is 399 g/mol. The van der Waals surface area contributed by atoms with Gasteiger partial charge in [-0.2, -0.15) is 13.2 Å². The van der Waals surface area contributed by atoms with Crippen molar-refractivity contribution in [3.05, 3.63) is 35.1 Å². The highest BCUT2D eigenvalue weighted by Gasteiger charge is 2.33. The molecule has 0 bridgehead atoms. The number of anilines is 1. The number of hydrogen-bond donors (Lipinski definition) is 1. The second-order valence-corrected chi connectivity index (χ2v) is 7.50. The van der Waals surface area contributed by atoms with E-state index in [0.29, 0.717) is 24.8 Å². The summed E-state index contributed by atoms with van der Waals surface area (Å²) < 4.78 is 49.7. The SMILES string of the molecule is CCOC(=O)OC1=C(c2cc(C(F)(F)F)ccc2NC(=O)C(C)(C)C)CCC1. The van der Waals surface area contributed by atoms with Crippen LogP contribution in [0.4, 0.5) is 23.7 Å². The lowest BCUT2D eigenvalue weighted by molar-refractivity contribution is -0.137. The number of allylic oxidation sites excluding steroid dienone is 2. The Kier molecular flexibility index (Phi) is 6.41. The van der Waals surface area contributed by atoms with Crippen LogP contribution in [0.5, 0.6) is 0 Å². The fourth-order valence-electron chi connectivity index (χ4n) is 2.75. The molecule has 1 N–H and O–H groups in total. The second kappa shape index (κ2) is 8.24. The van der Waals surface area contributed by atoms with Crippen LogP contribution in [-0.2, 0) is 20.4 Å². The van der Waals surface area contributed by atoms with Crippen LogP contribution in [0.25, 0.3) is 5.57 Å². The summed E-state index contributed by atoms with van der Waals surface area (Å²) in [7, 11) is 0. The maximum atomic E-state index is 13.2. The molecule has 1 aliphatic rings. The first-order valence-electron chi connectivity index (χ1n) is 9.03. The van der Waals surface area contributed by atoms with Gasteiger partial charge in [-0.15, -0.1) is 0 Å². The van der Waals surface area contributed by atoms with E-state index in [2.05, 4.69) is 5.32 Å². The van der Waals surface area contributed by atoms with Crippen molar-refractivity contribution in [3.63, 3.8) is 0 Å². The molecule has 2 rings (SSSR count). The largest absolute Gasteiger partial charge is 0.513 e. The van der Waals surface area contributed by atoms with Gasteiger partial charge in [-0.3, -0.25) is 4.79 Å². The Hall–Kier alpha value is -2.51. The fraction of sp³-hybridized carbons (Fsp3) is 0.500. The molecule has 5 nitrogen and oxygen atoms in total. The molecule has 0 fully saturated rings. The van der Waals surface area contributed by atoms with Gasteiger partial charge in [-0.25, -0.2) is 4.79 Å². The number of alkyl halides is 3. The molecule has 1 amide bonds. The molecule has 1 aliphatic carbocycles. The smallest absolute Gasteiger partial charge is 0.434 e. The molecule has 28 heavy (non-hydrogen) atoms. The molecular formula is C20H24F3NO4. The molecule has 0 aliphatic heterocycles. The minimum atomic E-state index is -4.54. The van der Waals surface area contributed by atoms with Crippen molar-refractivity contribution in [2.75, 3.05) is 11.9 Å². The standard InChI is InChI=1S/C20H24F3NO4/c1-5-27-18(26)28-16-8-6-7-13(16)14-11-12(20(21,22)23)9-10-15(14)24-17(25)19(2,3)4/h9-11H,5-8H2,1-4H3,(H,24,25). The zero-order valence-electron chi connectivity index (χ0n) is 16.3. The molecule has 0 unspecified atom stereocenters. The van der Waals surface area contributed by atoms with E-state index in [-0.39, 0.29) is 29.5 Å². The van der Waals surface area contributed by atoms with E-state index in [4.69, 9.17) is 9.47 Å². The number of rotatable bonds is 4. The van der Waals surface area contributed by atoms with Gasteiger partial charge in [0.15, 0.2) is 0 Å². The van der Waals surface area contributed by atoms with E-state index >= 15 is 0 Å². The summed E-state index contributed by atoms with van der Waals surface area (Å²) in [4.78, 5) is 24.0. The lowest BCUT2D eigenvalue weighted by Gasteiger charge is -2.21. The molecule has 1 aromatic rings. The molecule has 0 spiro atoms. The summed E-state index contributed by atoms with van der Waals surface area (Å²) >= 11 is 0. The maximum Gasteiger partial charge on any atom is 0.513 e. The van der Waals surface area contributed by atoms with Crippen LogP contribution in [-0.4, -0.2) is 18.7 Å². The highest BCUT2D eigenvalue weighted by Crippen LogP contribution is 2.41. The first-order chi connectivity index (χ1) is 12.9. The van der Waals surface area contributed by atoms with Crippen LogP contribution in [0.3, 0.4) is 0 Å². The number of halogens is 3. The highest BCUT2D eigenvalue weighted by molar-refractivity contribution is 5.97. The fourth-order valence-corrected chi connectivity index (χ4v) is 2.75. The summed E-state index contributed by atoms with van der Waals surface area (Å²) in [6, 6.07) is 3.13. The predicted octanol–water partition coefficient (Wildman–Crippen LogP) is 5.76. The lowest BCUT2D eigenvalue weighted by atomic mass is 9.94. The van der Waals surface area contributed by atoms with Crippen molar-refractivity contribution in [1.29, 1.82) is 0 Å². The predicted molar refractivity (Wildman–Crippen MR) is 98.4 cm³/mol. The van der Waals surface area contributed by atoms with Crippen molar-refractivity contribution in [1.82, 2.24) is 0 Å². The highest BCUT2D eigenvalue weighted by atomic mass is 19.4. The molecule has 154 valence electrons. The van der Waals surface area contributed by atoms with Gasteiger partial charge in [0.2, 0.25) is 5.91 Å². The average Bonchev–Trinajstić information content (AvgIpc) is 3.01. The molecule has 0 saturated carbocycles. The Balaban J connectivity index is 2.51. The Morgan fingerprint density at radius 1 is 1.14 bits per heavy atom. The third kappa shape index (κ3) is 5.27. The monoisotopic (exact) mass is 399 g/mol. The van der Waals surface area contributed by atoms with Gasteiger partial charge in [0, 0.05) is 28.7 Å². The van der Waals surface area contributed by atoms with E-state index in [0.717, 1.165) is 12.1 Å². The molecule has 0 radical (unpaired) electrons. The Labute approximate surface area is 161 Å². The molecule has 0 atom stereocenters. The molecule has 0 aromatic heterocycles. The third-order valence-corrected chi connectivity index (χ3v) is 4.24. The van der Waals surface area contributed by atoms with E-state index in [1.165, 1.54) is 6.07 Å². The number of ether oxygens (including phenoxy) is 2. The molecular weight excluding hydrogens is 375 g/mol. The van der Waals surface area contributed by atoms with Crippen molar-refractivity contribution in [3.8, 4) is 0 Å². The number of benzene rings is 1. The Bertz CT molecular complexity index is 792. The molecule has 0 heterocycles. The topological polar surface area (TPSA) is 64.6 Å². The lowest BCUT2D eigenvalue weighted by Crippen LogP contribution is -2.28. The number of carbonyl (C=O) groups is 2. The van der Waals surface area contributed by atoms with Crippen LogP contribution in [0.15, 0.2) is 24.0 Å². The number of nitrogens with one attached hydrogen (secondary N) is 1. The minimum Gasteiger partial charge on any atom is -0.434 e. The summed E-state index contributed by atoms with van der Waals surface area (Å²) in [5.74, 6) is -0.0657. The summed E-state index contributed by atoms with van der Waals surface area (Å²) in [5.41, 5.74) is -0.664. The van der Waals surface area contributed by atoms with Gasteiger partial charge in [0.1, 0.15) is 5.76 Å². The van der Waals surface area contributed by atoms with Gasteiger partial charge in [-0.1, -0.05) is 20.8 Å². The van der Waals surface area contributed by atoms with Crippen LogP contribution in [0.2, 0.25) is 0 Å². The second-order valence-electron chi connectivity index (χ2n) is 7.50. The first kappa shape index (κ1) is 21.8. The van der Waals surface area contributed by atoms with Gasteiger partial charge in [0.25, 0.3) is 0 Å². The van der Waals surface area contributed by atoms with Crippen LogP contribution in [0, 0.1) is 5.41 Å². The molecule has 0 saturated heterocycles. The third-order valence-electron chi connectivity index (χ3n) is 4.24. The normalized spacial score (nSPS) is 14.8. The van der Waals surface area contributed by atoms with Gasteiger partial charge in [-0.05, 0) is 38.0 Å². The van der Waals surface area contributed by atoms with E-state index < -0.39 is 23.3 Å². The minimum absolute atomic E-state index is 0.123. The van der Waals surface area contributed by atoms with Gasteiger partial charge >= 0.3 is 12.3 Å². The van der Waals surface area contributed by atoms with E-state index in [1.54, 1.807) is 27.7 Å². The summed E-state index contributed by atoms with van der Waals surface area (Å²) in [6.07, 6.45) is -4.00. The van der Waals surface area contributed by atoms with Gasteiger partial charge in [0.05, 0.1) is 12.2 Å². The molecule has 1 aromatic carbocycles. The number of amides is 1. The Morgan fingerprint density at radius 2 is 1.82 bits per heavy atom. The van der Waals surface area contributed by atoms with E-state index in [1.807, 2.05) is 0 Å². The van der Waals surface area contributed by atoms with Crippen LogP contribution in [0.1, 0.15) is 58.1 Å². The van der Waals surface area contributed by atoms with Crippen molar-refractivity contribution >= 4 is 23.3 Å². The number of hydrogen-bond acceptors (Lipinski definition) is 4. The zero-order valence-corrected chi connectivity index (χ0v) is 16.3. The molecule has 8 heteroatoms. The van der Waals surface area contributed by atoms with Gasteiger partial charge < -0.3 is 14.8 Å². The number of carbonyl (C=O) groups excluding carboxylic acids is 2. The van der Waals surface area contributed by atoms with Crippen molar-refractivity contribution in [2.45, 2.75) is 53.1 Å². The van der Waals surface area contributed by atoms with Crippen molar-refractivity contribution < 1.29 is 32.2 Å². The summed E-state index contributed by atoms with van der Waals surface area (Å²) in [6.45, 7) is 6.86. The first-order valence-corrected chi connectivity index (χ1v) is 9.03. The Morgan fingerprint density at radius 3 is 2.39 bits per heavy atom. The van der Waals surface area contributed by atoms with Crippen molar-refractivity contribution in [2.24, 2.45) is 5.41 Å².